The number of hydrogen-bond donors (Lipinski definition) is 1. The Hall–Kier alpha value is -2.84. The van der Waals surface area contributed by atoms with Crippen molar-refractivity contribution in [1.29, 1.82) is 0 Å². The number of urea groups is 1. The van der Waals surface area contributed by atoms with Gasteiger partial charge in [0.1, 0.15) is 5.57 Å². The van der Waals surface area contributed by atoms with E-state index in [-0.39, 0.29) is 11.7 Å². The Balaban J connectivity index is 2.06. The summed E-state index contributed by atoms with van der Waals surface area (Å²) >= 11 is 9.48. The van der Waals surface area contributed by atoms with Gasteiger partial charge < -0.3 is 9.47 Å². The van der Waals surface area contributed by atoms with Crippen LogP contribution < -0.4 is 19.7 Å². The average molecular weight is 508 g/mol. The van der Waals surface area contributed by atoms with Crippen molar-refractivity contribution in [3.05, 3.63) is 56.5 Å². The van der Waals surface area contributed by atoms with E-state index in [0.717, 1.165) is 4.90 Å². The number of nitrogens with one attached hydrogen (secondary N) is 1. The molecule has 0 atom stereocenters. The van der Waals surface area contributed by atoms with Gasteiger partial charge >= 0.3 is 6.03 Å². The molecule has 1 fully saturated rings. The molecule has 1 N–H and O–H groups in total. The van der Waals surface area contributed by atoms with E-state index in [1.165, 1.54) is 19.3 Å². The van der Waals surface area contributed by atoms with Crippen LogP contribution in [0.25, 0.3) is 6.08 Å². The number of barbiturate groups is 1. The molecular formula is C22H20BrClN2O5. The lowest BCUT2D eigenvalue weighted by atomic mass is 10.1. The highest BCUT2D eigenvalue weighted by Crippen LogP contribution is 2.38. The third-order valence-electron chi connectivity index (χ3n) is 4.43. The monoisotopic (exact) mass is 506 g/mol. The third-order valence-corrected chi connectivity index (χ3v) is 5.25. The summed E-state index contributed by atoms with van der Waals surface area (Å²) in [6.07, 6.45) is 1.31. The van der Waals surface area contributed by atoms with E-state index in [4.69, 9.17) is 21.1 Å². The highest BCUT2D eigenvalue weighted by Gasteiger charge is 2.37. The molecule has 1 heterocycles. The van der Waals surface area contributed by atoms with Gasteiger partial charge in [-0.25, -0.2) is 9.69 Å². The Morgan fingerprint density at radius 1 is 1.16 bits per heavy atom. The van der Waals surface area contributed by atoms with E-state index in [1.54, 1.807) is 31.2 Å². The molecule has 1 aliphatic heterocycles. The lowest BCUT2D eigenvalue weighted by molar-refractivity contribution is -0.122. The fourth-order valence-corrected chi connectivity index (χ4v) is 3.76. The lowest BCUT2D eigenvalue weighted by Gasteiger charge is -2.27. The van der Waals surface area contributed by atoms with Crippen molar-refractivity contribution in [2.75, 3.05) is 12.0 Å². The number of methoxy groups -OCH3 is 1. The molecule has 0 unspecified atom stereocenters. The van der Waals surface area contributed by atoms with Gasteiger partial charge in [0.05, 0.1) is 23.4 Å². The van der Waals surface area contributed by atoms with Gasteiger partial charge in [0.25, 0.3) is 11.8 Å². The fourth-order valence-electron chi connectivity index (χ4n) is 3.04. The molecule has 7 nitrogen and oxygen atoms in total. The Morgan fingerprint density at radius 2 is 1.87 bits per heavy atom. The maximum atomic E-state index is 13.1. The molecule has 4 amide bonds. The Kier molecular flexibility index (Phi) is 6.71. The van der Waals surface area contributed by atoms with Crippen LogP contribution in [0.2, 0.25) is 5.02 Å². The number of rotatable bonds is 5. The number of hydrogen-bond acceptors (Lipinski definition) is 5. The molecule has 3 rings (SSSR count). The van der Waals surface area contributed by atoms with Gasteiger partial charge in [0.15, 0.2) is 11.5 Å². The van der Waals surface area contributed by atoms with Crippen molar-refractivity contribution in [3.63, 3.8) is 0 Å². The Bertz CT molecular complexity index is 1110. The smallest absolute Gasteiger partial charge is 0.335 e. The number of amides is 4. The zero-order valence-electron chi connectivity index (χ0n) is 17.3. The van der Waals surface area contributed by atoms with E-state index >= 15 is 0 Å². The summed E-state index contributed by atoms with van der Waals surface area (Å²) in [7, 11) is 1.49. The van der Waals surface area contributed by atoms with Crippen molar-refractivity contribution in [3.8, 4) is 11.5 Å². The van der Waals surface area contributed by atoms with Crippen LogP contribution in [-0.4, -0.2) is 31.1 Å². The van der Waals surface area contributed by atoms with Crippen LogP contribution in [0.5, 0.6) is 11.5 Å². The molecule has 162 valence electrons. The van der Waals surface area contributed by atoms with E-state index < -0.39 is 17.8 Å². The molecule has 9 heteroatoms. The first-order chi connectivity index (χ1) is 14.6. The minimum atomic E-state index is -0.836. The van der Waals surface area contributed by atoms with Gasteiger partial charge in [-0.05, 0) is 78.2 Å². The maximum Gasteiger partial charge on any atom is 0.335 e. The van der Waals surface area contributed by atoms with E-state index in [1.807, 2.05) is 13.8 Å². The van der Waals surface area contributed by atoms with Gasteiger partial charge in [-0.2, -0.15) is 0 Å². The normalized spacial score (nSPS) is 15.5. The molecule has 0 spiro atoms. The minimum absolute atomic E-state index is 0.0828. The zero-order valence-corrected chi connectivity index (χ0v) is 19.6. The third kappa shape index (κ3) is 4.75. The SMILES string of the molecule is COc1cc(/C=C2\C(=O)NC(=O)N(c3cc(Cl)ccc3C)C2=O)cc(Br)c1OC(C)C. The molecule has 0 saturated carbocycles. The van der Waals surface area contributed by atoms with Crippen LogP contribution in [-0.2, 0) is 9.59 Å². The first kappa shape index (κ1) is 22.8. The lowest BCUT2D eigenvalue weighted by Crippen LogP contribution is -2.54. The van der Waals surface area contributed by atoms with Crippen LogP contribution in [0.15, 0.2) is 40.4 Å². The van der Waals surface area contributed by atoms with Gasteiger partial charge in [-0.15, -0.1) is 0 Å². The number of carbonyl (C=O) groups is 3. The molecule has 31 heavy (non-hydrogen) atoms. The molecule has 0 radical (unpaired) electrons. The van der Waals surface area contributed by atoms with Crippen molar-refractivity contribution in [2.24, 2.45) is 0 Å². The summed E-state index contributed by atoms with van der Waals surface area (Å²) in [6.45, 7) is 5.51. The first-order valence-corrected chi connectivity index (χ1v) is 10.5. The highest BCUT2D eigenvalue weighted by molar-refractivity contribution is 9.10. The summed E-state index contributed by atoms with van der Waals surface area (Å²) in [6, 6.07) is 7.34. The molecule has 1 aliphatic rings. The van der Waals surface area contributed by atoms with E-state index in [9.17, 15) is 14.4 Å². The number of aryl methyl sites for hydroxylation is 1. The van der Waals surface area contributed by atoms with Crippen molar-refractivity contribution >= 4 is 57.1 Å². The summed E-state index contributed by atoms with van der Waals surface area (Å²) in [5.41, 5.74) is 1.26. The van der Waals surface area contributed by atoms with Gasteiger partial charge in [0.2, 0.25) is 0 Å². The number of carbonyl (C=O) groups excluding carboxylic acids is 3. The second kappa shape index (κ2) is 9.11. The van der Waals surface area contributed by atoms with Gasteiger partial charge in [-0.1, -0.05) is 17.7 Å². The fraction of sp³-hybridized carbons (Fsp3) is 0.227. The maximum absolute atomic E-state index is 13.1. The Labute approximate surface area is 193 Å². The van der Waals surface area contributed by atoms with Crippen LogP contribution >= 0.6 is 27.5 Å². The summed E-state index contributed by atoms with van der Waals surface area (Å²) in [4.78, 5) is 38.9. The van der Waals surface area contributed by atoms with E-state index in [2.05, 4.69) is 21.2 Å². The standard InChI is InChI=1S/C22H20BrClN2O5/c1-11(2)31-19-16(23)8-13(9-18(19)30-4)7-15-20(27)25-22(29)26(21(15)28)17-10-14(24)6-5-12(17)3/h5-11H,1-4H3,(H,25,27,29)/b15-7+. The Morgan fingerprint density at radius 3 is 2.52 bits per heavy atom. The number of halogens is 2. The van der Waals surface area contributed by atoms with Crippen molar-refractivity contribution < 1.29 is 23.9 Å². The van der Waals surface area contributed by atoms with Crippen LogP contribution in [0.1, 0.15) is 25.0 Å². The van der Waals surface area contributed by atoms with Crippen LogP contribution in [0, 0.1) is 6.92 Å². The van der Waals surface area contributed by atoms with E-state index in [0.29, 0.717) is 37.8 Å². The summed E-state index contributed by atoms with van der Waals surface area (Å²) < 4.78 is 11.8. The van der Waals surface area contributed by atoms with Crippen molar-refractivity contribution in [1.82, 2.24) is 5.32 Å². The molecular weight excluding hydrogens is 488 g/mol. The second-order valence-electron chi connectivity index (χ2n) is 7.09. The molecule has 0 bridgehead atoms. The topological polar surface area (TPSA) is 84.9 Å². The van der Waals surface area contributed by atoms with Crippen molar-refractivity contribution in [2.45, 2.75) is 26.9 Å². The molecule has 2 aromatic carbocycles. The van der Waals surface area contributed by atoms with Gasteiger partial charge in [-0.3, -0.25) is 14.9 Å². The number of ether oxygens (including phenoxy) is 2. The minimum Gasteiger partial charge on any atom is -0.493 e. The number of nitrogens with zero attached hydrogens (tertiary/aromatic N) is 1. The summed E-state index contributed by atoms with van der Waals surface area (Å²) in [5.74, 6) is -0.608. The average Bonchev–Trinajstić information content (AvgIpc) is 2.69. The predicted octanol–water partition coefficient (Wildman–Crippen LogP) is 4.87. The summed E-state index contributed by atoms with van der Waals surface area (Å²) in [5, 5.41) is 2.56. The number of benzene rings is 2. The zero-order chi connectivity index (χ0) is 22.9. The van der Waals surface area contributed by atoms with Crippen LogP contribution in [0.4, 0.5) is 10.5 Å². The quantitative estimate of drug-likeness (QED) is 0.461. The first-order valence-electron chi connectivity index (χ1n) is 9.34. The highest BCUT2D eigenvalue weighted by atomic mass is 79.9. The molecule has 0 aromatic heterocycles. The molecule has 0 aliphatic carbocycles. The van der Waals surface area contributed by atoms with Crippen LogP contribution in [0.3, 0.4) is 0 Å². The largest absolute Gasteiger partial charge is 0.493 e. The van der Waals surface area contributed by atoms with Gasteiger partial charge in [0, 0.05) is 5.02 Å². The second-order valence-corrected chi connectivity index (χ2v) is 8.38. The number of imide groups is 2. The number of anilines is 1. The molecule has 2 aromatic rings. The molecule has 1 saturated heterocycles. The predicted molar refractivity (Wildman–Crippen MR) is 122 cm³/mol.